The molecule has 0 radical (unpaired) electrons. The van der Waals surface area contributed by atoms with Crippen LogP contribution >= 0.6 is 0 Å². The van der Waals surface area contributed by atoms with Gasteiger partial charge in [0.2, 0.25) is 0 Å². The van der Waals surface area contributed by atoms with Crippen LogP contribution in [0.4, 0.5) is 0 Å². The zero-order valence-electron chi connectivity index (χ0n) is 12.7. The van der Waals surface area contributed by atoms with E-state index in [0.29, 0.717) is 0 Å². The number of nitrogens with one attached hydrogen (secondary N) is 1. The lowest BCUT2D eigenvalue weighted by Gasteiger charge is -2.31. The van der Waals surface area contributed by atoms with E-state index in [-0.39, 0.29) is 0 Å². The summed E-state index contributed by atoms with van der Waals surface area (Å²) in [5.74, 6) is 0.754. The van der Waals surface area contributed by atoms with E-state index >= 15 is 0 Å². The van der Waals surface area contributed by atoms with Crippen molar-refractivity contribution in [1.82, 2.24) is 10.2 Å². The van der Waals surface area contributed by atoms with Crippen LogP contribution in [0.1, 0.15) is 51.4 Å². The quantitative estimate of drug-likeness (QED) is 0.718. The van der Waals surface area contributed by atoms with E-state index in [2.05, 4.69) is 17.3 Å². The van der Waals surface area contributed by atoms with Crippen molar-refractivity contribution >= 4 is 0 Å². The van der Waals surface area contributed by atoms with Crippen molar-refractivity contribution in [2.75, 3.05) is 39.9 Å². The van der Waals surface area contributed by atoms with E-state index in [1.807, 2.05) is 0 Å². The van der Waals surface area contributed by atoms with E-state index in [9.17, 15) is 0 Å². The zero-order valence-corrected chi connectivity index (χ0v) is 12.7. The molecule has 1 aliphatic heterocycles. The first-order chi connectivity index (χ1) is 9.36. The molecule has 0 bridgehead atoms. The number of ether oxygens (including phenoxy) is 1. The molecule has 1 N–H and O–H groups in total. The third-order valence-electron chi connectivity index (χ3n) is 4.75. The van der Waals surface area contributed by atoms with Crippen LogP contribution in [0.25, 0.3) is 0 Å². The van der Waals surface area contributed by atoms with Crippen LogP contribution in [0, 0.1) is 5.92 Å². The molecule has 2 fully saturated rings. The van der Waals surface area contributed by atoms with Crippen molar-refractivity contribution in [3.05, 3.63) is 0 Å². The predicted molar refractivity (Wildman–Crippen MR) is 80.5 cm³/mol. The fraction of sp³-hybridized carbons (Fsp3) is 1.00. The van der Waals surface area contributed by atoms with E-state index in [1.165, 1.54) is 57.9 Å². The fourth-order valence-corrected chi connectivity index (χ4v) is 3.43. The minimum Gasteiger partial charge on any atom is -0.381 e. The zero-order chi connectivity index (χ0) is 13.3. The molecule has 1 heterocycles. The molecule has 2 rings (SSSR count). The van der Waals surface area contributed by atoms with E-state index in [4.69, 9.17) is 4.74 Å². The standard InChI is InChI=1S/C16H32N2O/c1-18(16-8-3-2-4-9-16)11-6-10-17-13-15-7-5-12-19-14-15/h15-17H,2-14H2,1H3. The number of hydrogen-bond donors (Lipinski definition) is 1. The molecule has 0 aromatic rings. The molecular weight excluding hydrogens is 236 g/mol. The molecule has 3 nitrogen and oxygen atoms in total. The molecule has 1 saturated carbocycles. The maximum Gasteiger partial charge on any atom is 0.0506 e. The van der Waals surface area contributed by atoms with Gasteiger partial charge < -0.3 is 15.0 Å². The largest absolute Gasteiger partial charge is 0.381 e. The monoisotopic (exact) mass is 268 g/mol. The summed E-state index contributed by atoms with van der Waals surface area (Å²) in [4.78, 5) is 2.59. The van der Waals surface area contributed by atoms with E-state index < -0.39 is 0 Å². The molecule has 112 valence electrons. The van der Waals surface area contributed by atoms with E-state index in [1.54, 1.807) is 0 Å². The highest BCUT2D eigenvalue weighted by molar-refractivity contribution is 4.73. The minimum atomic E-state index is 0.754. The Balaban J connectivity index is 1.46. The van der Waals surface area contributed by atoms with Gasteiger partial charge in [-0.2, -0.15) is 0 Å². The first-order valence-corrected chi connectivity index (χ1v) is 8.35. The molecule has 1 saturated heterocycles. The van der Waals surface area contributed by atoms with Crippen LogP contribution in [0.15, 0.2) is 0 Å². The van der Waals surface area contributed by atoms with Crippen molar-refractivity contribution in [1.29, 1.82) is 0 Å². The van der Waals surface area contributed by atoms with Crippen LogP contribution in [-0.2, 0) is 4.74 Å². The highest BCUT2D eigenvalue weighted by Crippen LogP contribution is 2.21. The topological polar surface area (TPSA) is 24.5 Å². The number of nitrogens with zero attached hydrogens (tertiary/aromatic N) is 1. The highest BCUT2D eigenvalue weighted by atomic mass is 16.5. The summed E-state index contributed by atoms with van der Waals surface area (Å²) in [5, 5.41) is 3.61. The van der Waals surface area contributed by atoms with Crippen molar-refractivity contribution in [2.45, 2.75) is 57.4 Å². The van der Waals surface area contributed by atoms with Crippen molar-refractivity contribution in [3.8, 4) is 0 Å². The summed E-state index contributed by atoms with van der Waals surface area (Å²) in [7, 11) is 2.31. The first-order valence-electron chi connectivity index (χ1n) is 8.35. The molecule has 0 aromatic carbocycles. The Labute approximate surface area is 119 Å². The van der Waals surface area contributed by atoms with Crippen LogP contribution in [0.3, 0.4) is 0 Å². The Morgan fingerprint density at radius 1 is 1.11 bits per heavy atom. The van der Waals surface area contributed by atoms with Crippen LogP contribution in [-0.4, -0.2) is 50.8 Å². The molecule has 0 aromatic heterocycles. The normalized spacial score (nSPS) is 25.9. The summed E-state index contributed by atoms with van der Waals surface area (Å²) >= 11 is 0. The lowest BCUT2D eigenvalue weighted by molar-refractivity contribution is 0.0548. The molecule has 3 heteroatoms. The summed E-state index contributed by atoms with van der Waals surface area (Å²) in [6.07, 6.45) is 11.0. The summed E-state index contributed by atoms with van der Waals surface area (Å²) in [5.41, 5.74) is 0. The summed E-state index contributed by atoms with van der Waals surface area (Å²) in [6.45, 7) is 5.50. The molecule has 1 aliphatic carbocycles. The summed E-state index contributed by atoms with van der Waals surface area (Å²) in [6, 6.07) is 0.862. The van der Waals surface area contributed by atoms with Crippen molar-refractivity contribution in [2.24, 2.45) is 5.92 Å². The number of rotatable bonds is 7. The smallest absolute Gasteiger partial charge is 0.0506 e. The third-order valence-corrected chi connectivity index (χ3v) is 4.75. The third kappa shape index (κ3) is 5.80. The van der Waals surface area contributed by atoms with Gasteiger partial charge >= 0.3 is 0 Å². The van der Waals surface area contributed by atoms with Crippen LogP contribution in [0.5, 0.6) is 0 Å². The summed E-state index contributed by atoms with van der Waals surface area (Å²) < 4.78 is 5.51. The Morgan fingerprint density at radius 3 is 2.68 bits per heavy atom. The Bertz CT molecular complexity index is 223. The van der Waals surface area contributed by atoms with Crippen LogP contribution < -0.4 is 5.32 Å². The van der Waals surface area contributed by atoms with Crippen molar-refractivity contribution < 1.29 is 4.74 Å². The predicted octanol–water partition coefficient (Wildman–Crippen LogP) is 2.66. The van der Waals surface area contributed by atoms with E-state index in [0.717, 1.165) is 38.3 Å². The second kappa shape index (κ2) is 8.93. The molecule has 1 atom stereocenters. The SMILES string of the molecule is CN(CCCNCC1CCCOC1)C1CCCCC1. The lowest BCUT2D eigenvalue weighted by atomic mass is 9.94. The average molecular weight is 268 g/mol. The minimum absolute atomic E-state index is 0.754. The van der Waals surface area contributed by atoms with Gasteiger partial charge in [-0.05, 0) is 58.2 Å². The van der Waals surface area contributed by atoms with Gasteiger partial charge in [-0.1, -0.05) is 19.3 Å². The molecular formula is C16H32N2O. The number of hydrogen-bond acceptors (Lipinski definition) is 3. The second-order valence-electron chi connectivity index (χ2n) is 6.41. The maximum absolute atomic E-state index is 5.51. The molecule has 0 amide bonds. The maximum atomic E-state index is 5.51. The van der Waals surface area contributed by atoms with Gasteiger partial charge in [0, 0.05) is 19.2 Å². The Hall–Kier alpha value is -0.120. The first kappa shape index (κ1) is 15.3. The van der Waals surface area contributed by atoms with Gasteiger partial charge in [0.15, 0.2) is 0 Å². The van der Waals surface area contributed by atoms with Crippen LogP contribution in [0.2, 0.25) is 0 Å². The van der Waals surface area contributed by atoms with Gasteiger partial charge in [-0.15, -0.1) is 0 Å². The molecule has 0 spiro atoms. The Kier molecular flexibility index (Phi) is 7.18. The Morgan fingerprint density at radius 2 is 1.95 bits per heavy atom. The van der Waals surface area contributed by atoms with Gasteiger partial charge in [-0.3, -0.25) is 0 Å². The van der Waals surface area contributed by atoms with Crippen molar-refractivity contribution in [3.63, 3.8) is 0 Å². The molecule has 19 heavy (non-hydrogen) atoms. The second-order valence-corrected chi connectivity index (χ2v) is 6.41. The van der Waals surface area contributed by atoms with Gasteiger partial charge in [0.1, 0.15) is 0 Å². The molecule has 2 aliphatic rings. The fourth-order valence-electron chi connectivity index (χ4n) is 3.43. The average Bonchev–Trinajstić information content (AvgIpc) is 2.49. The van der Waals surface area contributed by atoms with Gasteiger partial charge in [0.25, 0.3) is 0 Å². The van der Waals surface area contributed by atoms with Gasteiger partial charge in [-0.25, -0.2) is 0 Å². The highest BCUT2D eigenvalue weighted by Gasteiger charge is 2.17. The lowest BCUT2D eigenvalue weighted by Crippen LogP contribution is -2.36. The molecule has 1 unspecified atom stereocenters. The van der Waals surface area contributed by atoms with Gasteiger partial charge in [0.05, 0.1) is 6.61 Å².